The number of carboxylic acid groups (broad SMARTS) is 1. The van der Waals surface area contributed by atoms with Crippen LogP contribution in [0.4, 0.5) is 5.69 Å². The van der Waals surface area contributed by atoms with E-state index in [2.05, 4.69) is 9.98 Å². The fourth-order valence-corrected chi connectivity index (χ4v) is 8.66. The highest BCUT2D eigenvalue weighted by molar-refractivity contribution is 6.32. The number of fused-ring (bicyclic) bond motifs is 1. The maximum atomic E-state index is 14.4. The number of carboxylic acids is 1. The Morgan fingerprint density at radius 3 is 2.39 bits per heavy atom. The predicted molar refractivity (Wildman–Crippen MR) is 204 cm³/mol. The van der Waals surface area contributed by atoms with Crippen LogP contribution in [0.3, 0.4) is 0 Å². The molecule has 9 N–H and O–H groups in total. The van der Waals surface area contributed by atoms with Crippen molar-refractivity contribution in [1.29, 1.82) is 0 Å². The Hall–Kier alpha value is -5.36. The second-order valence-corrected chi connectivity index (χ2v) is 15.0. The van der Waals surface area contributed by atoms with E-state index in [0.29, 0.717) is 41.9 Å². The minimum atomic E-state index is -3.12. The van der Waals surface area contributed by atoms with Crippen LogP contribution in [-0.2, 0) is 26.2 Å². The Labute approximate surface area is 326 Å². The van der Waals surface area contributed by atoms with Gasteiger partial charge in [-0.25, -0.2) is 4.79 Å². The van der Waals surface area contributed by atoms with Gasteiger partial charge in [0.2, 0.25) is 0 Å². The summed E-state index contributed by atoms with van der Waals surface area (Å²) in [4.78, 5) is 37.1. The molecule has 3 aromatic rings. The number of amides is 1. The Morgan fingerprint density at radius 2 is 1.70 bits per heavy atom. The van der Waals surface area contributed by atoms with Gasteiger partial charge in [-0.2, -0.15) is 0 Å². The van der Waals surface area contributed by atoms with Crippen LogP contribution >= 0.6 is 0 Å². The largest absolute Gasteiger partial charge is 0.508 e. The maximum Gasteiger partial charge on any atom is 0.355 e. The Kier molecular flexibility index (Phi) is 11.1. The minimum Gasteiger partial charge on any atom is -0.508 e. The van der Waals surface area contributed by atoms with Crippen molar-refractivity contribution in [3.05, 3.63) is 82.9 Å². The molecule has 4 aliphatic rings. The highest BCUT2D eigenvalue weighted by atomic mass is 16.8. The number of hydrogen-bond donors (Lipinski definition) is 9. The number of carbonyl (C=O) groups is 2. The average molecular weight is 788 g/mol. The molecule has 302 valence electrons. The minimum absolute atomic E-state index is 0.0122. The van der Waals surface area contributed by atoms with Gasteiger partial charge >= 0.3 is 11.9 Å². The number of rotatable bonds is 11. The lowest BCUT2D eigenvalue weighted by molar-refractivity contribution is -0.422. The molecule has 0 aromatic heterocycles. The molecule has 1 saturated carbocycles. The SMILES string of the molecule is O=C(O)[C@H]1[C@@H](CC2(c3ccccc3O)CCCCC2)c2cc(O)c(O[C@@]3(O)O[C@H](CO)[C@@H](O)[C@H](O)[C@H]3O)cc2N1C(=O)C=Cc1ccc(O)c(CC2=NCN=C2)c1. The molecule has 3 heterocycles. The molecule has 7 rings (SSSR count). The third-order valence-electron chi connectivity index (χ3n) is 11.5. The van der Waals surface area contributed by atoms with Crippen LogP contribution < -0.4 is 9.64 Å². The van der Waals surface area contributed by atoms with Crippen molar-refractivity contribution in [3.63, 3.8) is 0 Å². The van der Waals surface area contributed by atoms with Crippen LogP contribution in [0.1, 0.15) is 66.7 Å². The van der Waals surface area contributed by atoms with E-state index in [1.165, 1.54) is 24.3 Å². The van der Waals surface area contributed by atoms with E-state index < -0.39 is 77.7 Å². The molecule has 1 amide bonds. The smallest absolute Gasteiger partial charge is 0.355 e. The monoisotopic (exact) mass is 787 g/mol. The Bertz CT molecular complexity index is 2110. The number of aliphatic hydroxyl groups excluding tert-OH is 4. The number of phenolic OH excluding ortho intramolecular Hbond substituents is 3. The molecule has 2 fully saturated rings. The molecular formula is C41H45N3O13. The number of anilines is 1. The highest BCUT2D eigenvalue weighted by Gasteiger charge is 2.56. The standard InChI is InChI=1S/C41H45N3O13/c45-20-33-36(50)37(51)38(52)41(55,57-33)56-32-17-28-25(16-31(32)48)26(18-40(12-4-1-5-13-40)27-6-2-3-7-30(27)47)35(39(53)54)44(28)34(49)11-9-22-8-10-29(46)23(14-22)15-24-19-42-21-43-24/h2-3,6-11,14,16-17,19,26,33,35-38,45-48,50-52,55H,1,4-5,12-13,15,18,20-21H2,(H,53,54)/t26-,33+,35+,36+,37-,38+,41+/m0/s1. The summed E-state index contributed by atoms with van der Waals surface area (Å²) in [5.74, 6) is -7.38. The van der Waals surface area contributed by atoms with Crippen molar-refractivity contribution in [2.45, 2.75) is 92.7 Å². The fourth-order valence-electron chi connectivity index (χ4n) is 8.66. The molecule has 0 unspecified atom stereocenters. The summed E-state index contributed by atoms with van der Waals surface area (Å²) in [6.45, 7) is -0.597. The molecule has 16 heteroatoms. The van der Waals surface area contributed by atoms with Gasteiger partial charge in [0.05, 0.1) is 18.0 Å². The van der Waals surface area contributed by atoms with Gasteiger partial charge in [-0.15, -0.1) is 0 Å². The van der Waals surface area contributed by atoms with Gasteiger partial charge in [0.15, 0.2) is 17.6 Å². The van der Waals surface area contributed by atoms with Crippen LogP contribution in [0.25, 0.3) is 6.08 Å². The van der Waals surface area contributed by atoms with Crippen LogP contribution in [-0.4, -0.2) is 119 Å². The zero-order valence-corrected chi connectivity index (χ0v) is 30.8. The second-order valence-electron chi connectivity index (χ2n) is 15.0. The number of nitrogens with zero attached hydrogens (tertiary/aromatic N) is 3. The van der Waals surface area contributed by atoms with Gasteiger partial charge in [-0.1, -0.05) is 43.5 Å². The van der Waals surface area contributed by atoms with Gasteiger partial charge in [0.1, 0.15) is 42.5 Å². The maximum absolute atomic E-state index is 14.4. The molecule has 16 nitrogen and oxygen atoms in total. The average Bonchev–Trinajstić information content (AvgIpc) is 3.82. The lowest BCUT2D eigenvalue weighted by atomic mass is 9.63. The van der Waals surface area contributed by atoms with Crippen molar-refractivity contribution >= 4 is 35.6 Å². The van der Waals surface area contributed by atoms with Crippen LogP contribution in [0.15, 0.2) is 70.7 Å². The lowest BCUT2D eigenvalue weighted by Gasteiger charge is -2.44. The molecule has 3 aromatic carbocycles. The molecule has 57 heavy (non-hydrogen) atoms. The second kappa shape index (κ2) is 15.9. The van der Waals surface area contributed by atoms with Crippen molar-refractivity contribution in [1.82, 2.24) is 0 Å². The van der Waals surface area contributed by atoms with Gasteiger partial charge in [0, 0.05) is 41.8 Å². The first-order chi connectivity index (χ1) is 27.2. The predicted octanol–water partition coefficient (Wildman–Crippen LogP) is 2.22. The van der Waals surface area contributed by atoms with E-state index in [4.69, 9.17) is 9.47 Å². The van der Waals surface area contributed by atoms with Crippen molar-refractivity contribution in [3.8, 4) is 23.0 Å². The summed E-state index contributed by atoms with van der Waals surface area (Å²) in [7, 11) is 0. The number of aliphatic imine (C=N–C) groups is 2. The number of aliphatic hydroxyl groups is 5. The molecule has 0 bridgehead atoms. The topological polar surface area (TPSA) is 263 Å². The van der Waals surface area contributed by atoms with Gasteiger partial charge in [0.25, 0.3) is 5.91 Å². The summed E-state index contributed by atoms with van der Waals surface area (Å²) in [5.41, 5.74) is 1.87. The highest BCUT2D eigenvalue weighted by Crippen LogP contribution is 2.55. The molecule has 7 atom stereocenters. The molecule has 0 spiro atoms. The number of aliphatic carboxylic acids is 1. The number of para-hydroxylation sites is 1. The number of ether oxygens (including phenoxy) is 2. The van der Waals surface area contributed by atoms with E-state index >= 15 is 0 Å². The first-order valence-corrected chi connectivity index (χ1v) is 18.7. The molecule has 1 aliphatic carbocycles. The number of phenols is 3. The van der Waals surface area contributed by atoms with Crippen molar-refractivity contribution < 1.29 is 65.0 Å². The third kappa shape index (κ3) is 7.59. The van der Waals surface area contributed by atoms with Crippen molar-refractivity contribution in [2.75, 3.05) is 18.2 Å². The molecule has 0 radical (unpaired) electrons. The van der Waals surface area contributed by atoms with E-state index in [-0.39, 0.29) is 35.6 Å². The first-order valence-electron chi connectivity index (χ1n) is 18.7. The fraction of sp³-hybridized carbons (Fsp3) is 0.415. The zero-order chi connectivity index (χ0) is 40.6. The van der Waals surface area contributed by atoms with Crippen LogP contribution in [0.2, 0.25) is 0 Å². The van der Waals surface area contributed by atoms with E-state index in [0.717, 1.165) is 30.2 Å². The first kappa shape index (κ1) is 39.9. The quantitative estimate of drug-likeness (QED) is 0.0999. The number of hydrogen-bond acceptors (Lipinski definition) is 14. The van der Waals surface area contributed by atoms with E-state index in [1.807, 2.05) is 6.07 Å². The lowest BCUT2D eigenvalue weighted by Crippen LogP contribution is -2.67. The summed E-state index contributed by atoms with van der Waals surface area (Å²) in [5, 5.41) is 96.1. The third-order valence-corrected chi connectivity index (χ3v) is 11.5. The van der Waals surface area contributed by atoms with Gasteiger partial charge in [-0.05, 0) is 66.1 Å². The Balaban J connectivity index is 1.30. The summed E-state index contributed by atoms with van der Waals surface area (Å²) in [6.07, 6.45) is 0.686. The van der Waals surface area contributed by atoms with E-state index in [9.17, 15) is 55.5 Å². The zero-order valence-electron chi connectivity index (χ0n) is 30.8. The van der Waals surface area contributed by atoms with Gasteiger partial charge in [-0.3, -0.25) is 19.7 Å². The molecular weight excluding hydrogens is 742 g/mol. The summed E-state index contributed by atoms with van der Waals surface area (Å²) >= 11 is 0. The van der Waals surface area contributed by atoms with E-state index in [1.54, 1.807) is 36.5 Å². The van der Waals surface area contributed by atoms with Crippen molar-refractivity contribution in [2.24, 2.45) is 9.98 Å². The molecule has 1 saturated heterocycles. The normalized spacial score (nSPS) is 28.0. The Morgan fingerprint density at radius 1 is 0.947 bits per heavy atom. The summed E-state index contributed by atoms with van der Waals surface area (Å²) < 4.78 is 10.8. The number of aromatic hydroxyl groups is 3. The van der Waals surface area contributed by atoms with Gasteiger partial charge < -0.3 is 55.4 Å². The number of benzene rings is 3. The van der Waals surface area contributed by atoms with Crippen LogP contribution in [0.5, 0.6) is 23.0 Å². The number of carbonyl (C=O) groups excluding carboxylic acids is 1. The summed E-state index contributed by atoms with van der Waals surface area (Å²) in [6, 6.07) is 12.4. The van der Waals surface area contributed by atoms with Crippen LogP contribution in [0, 0.1) is 0 Å². The molecule has 3 aliphatic heterocycles.